The van der Waals surface area contributed by atoms with E-state index in [-0.39, 0.29) is 0 Å². The van der Waals surface area contributed by atoms with E-state index in [2.05, 4.69) is 23.1 Å². The quantitative estimate of drug-likeness (QED) is 0.748. The van der Waals surface area contributed by atoms with Gasteiger partial charge in [-0.05, 0) is 43.7 Å². The van der Waals surface area contributed by atoms with Crippen LogP contribution < -0.4 is 4.90 Å². The zero-order valence-electron chi connectivity index (χ0n) is 10.8. The van der Waals surface area contributed by atoms with Crippen molar-refractivity contribution in [2.24, 2.45) is 5.92 Å². The fraction of sp³-hybridized carbons (Fsp3) is 0.562. The topological polar surface area (TPSA) is 27.0 Å². The summed E-state index contributed by atoms with van der Waals surface area (Å²) in [5.41, 5.74) is 2.00. The summed E-state index contributed by atoms with van der Waals surface area (Å²) in [5.74, 6) is 0.860. The molecule has 2 atom stereocenters. The predicted molar refractivity (Wildman–Crippen MR) is 73.5 cm³/mol. The molecule has 1 aliphatic heterocycles. The number of benzene rings is 1. The van der Waals surface area contributed by atoms with Gasteiger partial charge < -0.3 is 4.90 Å². The van der Waals surface area contributed by atoms with E-state index in [0.717, 1.165) is 23.7 Å². The van der Waals surface area contributed by atoms with Crippen molar-refractivity contribution in [1.29, 1.82) is 5.26 Å². The molecule has 0 bridgehead atoms. The first-order valence-corrected chi connectivity index (χ1v) is 7.16. The normalized spacial score (nSPS) is 27.4. The smallest absolute Gasteiger partial charge is 0.101 e. The maximum absolute atomic E-state index is 9.27. The molecule has 0 radical (unpaired) electrons. The largest absolute Gasteiger partial charge is 0.367 e. The number of nitrogens with zero attached hydrogens (tertiary/aromatic N) is 2. The van der Waals surface area contributed by atoms with Crippen LogP contribution in [0.25, 0.3) is 0 Å². The van der Waals surface area contributed by atoms with Crippen molar-refractivity contribution < 1.29 is 0 Å². The number of fused-ring (bicyclic) bond motifs is 1. The average Bonchev–Trinajstić information content (AvgIpc) is 2.46. The zero-order valence-corrected chi connectivity index (χ0v) is 10.8. The predicted octanol–water partition coefficient (Wildman–Crippen LogP) is 3.72. The lowest BCUT2D eigenvalue weighted by molar-refractivity contribution is 0.244. The Kier molecular flexibility index (Phi) is 3.23. The summed E-state index contributed by atoms with van der Waals surface area (Å²) >= 11 is 0. The lowest BCUT2D eigenvalue weighted by Gasteiger charge is -2.45. The first-order chi connectivity index (χ1) is 8.90. The SMILES string of the molecule is N#Cc1ccccc1N1CCC[C@H]2CCCC[C@H]21. The van der Waals surface area contributed by atoms with Gasteiger partial charge in [0.1, 0.15) is 6.07 Å². The highest BCUT2D eigenvalue weighted by Gasteiger charge is 2.33. The molecule has 2 heteroatoms. The van der Waals surface area contributed by atoms with E-state index in [1.807, 2.05) is 12.1 Å². The number of rotatable bonds is 1. The van der Waals surface area contributed by atoms with Crippen LogP contribution in [-0.4, -0.2) is 12.6 Å². The van der Waals surface area contributed by atoms with E-state index in [4.69, 9.17) is 0 Å². The molecular weight excluding hydrogens is 220 g/mol. The molecule has 1 saturated heterocycles. The number of anilines is 1. The lowest BCUT2D eigenvalue weighted by Crippen LogP contribution is -2.47. The van der Waals surface area contributed by atoms with E-state index in [0.29, 0.717) is 6.04 Å². The monoisotopic (exact) mass is 240 g/mol. The van der Waals surface area contributed by atoms with Crippen LogP contribution in [0.5, 0.6) is 0 Å². The summed E-state index contributed by atoms with van der Waals surface area (Å²) in [5, 5.41) is 9.27. The standard InChI is InChI=1S/C16H20N2/c17-12-14-7-2-4-10-16(14)18-11-5-8-13-6-1-3-9-15(13)18/h2,4,7,10,13,15H,1,3,5-6,8-9,11H2/t13-,15-/m1/s1. The molecule has 0 amide bonds. The first-order valence-electron chi connectivity index (χ1n) is 7.16. The van der Waals surface area contributed by atoms with Gasteiger partial charge in [0.15, 0.2) is 0 Å². The Hall–Kier alpha value is -1.49. The highest BCUT2D eigenvalue weighted by molar-refractivity contribution is 5.60. The molecule has 0 unspecified atom stereocenters. The van der Waals surface area contributed by atoms with Crippen LogP contribution in [0.15, 0.2) is 24.3 Å². The Bertz CT molecular complexity index is 458. The fourth-order valence-corrected chi connectivity index (χ4v) is 3.74. The van der Waals surface area contributed by atoms with Crippen molar-refractivity contribution in [3.8, 4) is 6.07 Å². The third-order valence-corrected chi connectivity index (χ3v) is 4.58. The maximum Gasteiger partial charge on any atom is 0.101 e. The Labute approximate surface area is 109 Å². The summed E-state index contributed by atoms with van der Waals surface area (Å²) in [7, 11) is 0. The van der Waals surface area contributed by atoms with Crippen molar-refractivity contribution in [2.75, 3.05) is 11.4 Å². The number of nitriles is 1. The van der Waals surface area contributed by atoms with Gasteiger partial charge in [-0.15, -0.1) is 0 Å². The molecule has 0 aromatic heterocycles. The Balaban J connectivity index is 1.92. The number of hydrogen-bond donors (Lipinski definition) is 0. The molecule has 1 aromatic carbocycles. The number of para-hydroxylation sites is 1. The van der Waals surface area contributed by atoms with Crippen molar-refractivity contribution >= 4 is 5.69 Å². The molecule has 18 heavy (non-hydrogen) atoms. The lowest BCUT2D eigenvalue weighted by atomic mass is 9.78. The molecule has 0 N–H and O–H groups in total. The highest BCUT2D eigenvalue weighted by Crippen LogP contribution is 2.38. The Morgan fingerprint density at radius 1 is 1.06 bits per heavy atom. The van der Waals surface area contributed by atoms with Gasteiger partial charge in [0.2, 0.25) is 0 Å². The summed E-state index contributed by atoms with van der Waals surface area (Å²) in [4.78, 5) is 2.52. The van der Waals surface area contributed by atoms with Gasteiger partial charge in [-0.1, -0.05) is 25.0 Å². The molecule has 1 heterocycles. The molecule has 1 aromatic rings. The molecule has 1 saturated carbocycles. The van der Waals surface area contributed by atoms with Crippen LogP contribution in [0.4, 0.5) is 5.69 Å². The molecular formula is C16H20N2. The second-order valence-corrected chi connectivity index (χ2v) is 5.58. The summed E-state index contributed by atoms with van der Waals surface area (Å²) < 4.78 is 0. The number of hydrogen-bond acceptors (Lipinski definition) is 2. The maximum atomic E-state index is 9.27. The molecule has 0 spiro atoms. The van der Waals surface area contributed by atoms with Crippen LogP contribution >= 0.6 is 0 Å². The zero-order chi connectivity index (χ0) is 12.4. The summed E-state index contributed by atoms with van der Waals surface area (Å²) in [6, 6.07) is 11.1. The Morgan fingerprint density at radius 2 is 1.83 bits per heavy atom. The highest BCUT2D eigenvalue weighted by atomic mass is 15.2. The van der Waals surface area contributed by atoms with Gasteiger partial charge in [0, 0.05) is 12.6 Å². The van der Waals surface area contributed by atoms with Crippen LogP contribution in [0.1, 0.15) is 44.1 Å². The van der Waals surface area contributed by atoms with Crippen molar-refractivity contribution in [3.63, 3.8) is 0 Å². The second kappa shape index (κ2) is 5.02. The Morgan fingerprint density at radius 3 is 2.72 bits per heavy atom. The average molecular weight is 240 g/mol. The van der Waals surface area contributed by atoms with Crippen LogP contribution in [-0.2, 0) is 0 Å². The van der Waals surface area contributed by atoms with Gasteiger partial charge in [-0.2, -0.15) is 5.26 Å². The van der Waals surface area contributed by atoms with Crippen molar-refractivity contribution in [3.05, 3.63) is 29.8 Å². The van der Waals surface area contributed by atoms with Gasteiger partial charge in [-0.3, -0.25) is 0 Å². The second-order valence-electron chi connectivity index (χ2n) is 5.58. The molecule has 3 rings (SSSR count). The summed E-state index contributed by atoms with van der Waals surface area (Å²) in [6.07, 6.45) is 8.11. The minimum absolute atomic E-state index is 0.682. The van der Waals surface area contributed by atoms with Gasteiger partial charge >= 0.3 is 0 Å². The van der Waals surface area contributed by atoms with Crippen molar-refractivity contribution in [1.82, 2.24) is 0 Å². The summed E-state index contributed by atoms with van der Waals surface area (Å²) in [6.45, 7) is 1.12. The number of piperidine rings is 1. The molecule has 2 aliphatic rings. The minimum Gasteiger partial charge on any atom is -0.367 e. The third-order valence-electron chi connectivity index (χ3n) is 4.58. The minimum atomic E-state index is 0.682. The van der Waals surface area contributed by atoms with Crippen molar-refractivity contribution in [2.45, 2.75) is 44.6 Å². The van der Waals surface area contributed by atoms with Gasteiger partial charge in [-0.25, -0.2) is 0 Å². The van der Waals surface area contributed by atoms with Crippen LogP contribution in [0, 0.1) is 17.2 Å². The first kappa shape index (κ1) is 11.6. The molecule has 94 valence electrons. The van der Waals surface area contributed by atoms with E-state index >= 15 is 0 Å². The van der Waals surface area contributed by atoms with E-state index in [9.17, 15) is 5.26 Å². The van der Waals surface area contributed by atoms with E-state index in [1.54, 1.807) is 0 Å². The van der Waals surface area contributed by atoms with Crippen LogP contribution in [0.3, 0.4) is 0 Å². The molecule has 2 nitrogen and oxygen atoms in total. The fourth-order valence-electron chi connectivity index (χ4n) is 3.74. The van der Waals surface area contributed by atoms with E-state index < -0.39 is 0 Å². The van der Waals surface area contributed by atoms with E-state index in [1.165, 1.54) is 38.5 Å². The van der Waals surface area contributed by atoms with Gasteiger partial charge in [0.05, 0.1) is 11.3 Å². The molecule has 2 fully saturated rings. The third kappa shape index (κ3) is 1.99. The van der Waals surface area contributed by atoms with Crippen LogP contribution in [0.2, 0.25) is 0 Å². The molecule has 1 aliphatic carbocycles. The van der Waals surface area contributed by atoms with Gasteiger partial charge in [0.25, 0.3) is 0 Å².